The molecular weight excluding hydrogens is 228 g/mol. The first-order valence-electron chi connectivity index (χ1n) is 5.54. The monoisotopic (exact) mass is 242 g/mol. The predicted molar refractivity (Wildman–Crippen MR) is 70.7 cm³/mol. The van der Waals surface area contributed by atoms with Crippen molar-refractivity contribution in [3.63, 3.8) is 0 Å². The Morgan fingerprint density at radius 2 is 2.11 bits per heavy atom. The Labute approximate surface area is 106 Å². The van der Waals surface area contributed by atoms with Gasteiger partial charge in [-0.2, -0.15) is 0 Å². The molecule has 0 aliphatic carbocycles. The van der Waals surface area contributed by atoms with Crippen LogP contribution < -0.4 is 9.64 Å². The summed E-state index contributed by atoms with van der Waals surface area (Å²) >= 11 is 0. The molecule has 18 heavy (non-hydrogen) atoms. The second-order valence-electron chi connectivity index (χ2n) is 3.79. The minimum atomic E-state index is 0.558. The van der Waals surface area contributed by atoms with Crippen LogP contribution in [0, 0.1) is 0 Å². The van der Waals surface area contributed by atoms with E-state index in [1.165, 1.54) is 0 Å². The SMILES string of the molecule is COc1cccc(N(C)c2ncccc2C=O)c1. The van der Waals surface area contributed by atoms with Gasteiger partial charge in [0.2, 0.25) is 0 Å². The summed E-state index contributed by atoms with van der Waals surface area (Å²) in [5, 5.41) is 0. The van der Waals surface area contributed by atoms with Gasteiger partial charge in [0.15, 0.2) is 6.29 Å². The first-order chi connectivity index (χ1) is 8.76. The Kier molecular flexibility index (Phi) is 3.57. The Morgan fingerprint density at radius 1 is 1.28 bits per heavy atom. The number of anilines is 2. The molecule has 0 saturated heterocycles. The van der Waals surface area contributed by atoms with Crippen LogP contribution in [-0.4, -0.2) is 25.4 Å². The van der Waals surface area contributed by atoms with E-state index in [0.717, 1.165) is 17.7 Å². The Balaban J connectivity index is 2.40. The summed E-state index contributed by atoms with van der Waals surface area (Å²) in [4.78, 5) is 17.1. The van der Waals surface area contributed by atoms with Crippen molar-refractivity contribution in [1.82, 2.24) is 4.98 Å². The van der Waals surface area contributed by atoms with Crippen molar-refractivity contribution in [2.45, 2.75) is 0 Å². The number of ether oxygens (including phenoxy) is 1. The number of hydrogen-bond donors (Lipinski definition) is 0. The highest BCUT2D eigenvalue weighted by Gasteiger charge is 2.10. The van der Waals surface area contributed by atoms with Crippen LogP contribution in [0.25, 0.3) is 0 Å². The van der Waals surface area contributed by atoms with Gasteiger partial charge in [-0.15, -0.1) is 0 Å². The zero-order valence-electron chi connectivity index (χ0n) is 10.3. The molecule has 1 aromatic heterocycles. The second-order valence-corrected chi connectivity index (χ2v) is 3.79. The van der Waals surface area contributed by atoms with Gasteiger partial charge >= 0.3 is 0 Å². The molecule has 2 rings (SSSR count). The Hall–Kier alpha value is -2.36. The first-order valence-corrected chi connectivity index (χ1v) is 5.54. The van der Waals surface area contributed by atoms with Gasteiger partial charge in [0.25, 0.3) is 0 Å². The molecule has 2 aromatic rings. The third-order valence-corrected chi connectivity index (χ3v) is 2.70. The molecule has 0 radical (unpaired) electrons. The van der Waals surface area contributed by atoms with Crippen molar-refractivity contribution in [1.29, 1.82) is 0 Å². The molecule has 0 N–H and O–H groups in total. The third-order valence-electron chi connectivity index (χ3n) is 2.70. The average Bonchev–Trinajstić information content (AvgIpc) is 2.46. The number of pyridine rings is 1. The molecular formula is C14H14N2O2. The van der Waals surface area contributed by atoms with Crippen molar-refractivity contribution in [3.05, 3.63) is 48.2 Å². The number of aromatic nitrogens is 1. The number of hydrogen-bond acceptors (Lipinski definition) is 4. The molecule has 0 atom stereocenters. The smallest absolute Gasteiger partial charge is 0.153 e. The molecule has 4 nitrogen and oxygen atoms in total. The zero-order chi connectivity index (χ0) is 13.0. The number of rotatable bonds is 4. The molecule has 1 aromatic carbocycles. The summed E-state index contributed by atoms with van der Waals surface area (Å²) in [7, 11) is 3.49. The molecule has 0 fully saturated rings. The summed E-state index contributed by atoms with van der Waals surface area (Å²) < 4.78 is 5.18. The maximum absolute atomic E-state index is 11.0. The lowest BCUT2D eigenvalue weighted by Gasteiger charge is -2.20. The molecule has 0 bridgehead atoms. The van der Waals surface area contributed by atoms with Crippen molar-refractivity contribution in [2.75, 3.05) is 19.1 Å². The van der Waals surface area contributed by atoms with Crippen LogP contribution in [0.2, 0.25) is 0 Å². The van der Waals surface area contributed by atoms with Crippen LogP contribution in [0.5, 0.6) is 5.75 Å². The summed E-state index contributed by atoms with van der Waals surface area (Å²) in [6.45, 7) is 0. The Morgan fingerprint density at radius 3 is 2.83 bits per heavy atom. The fourth-order valence-electron chi connectivity index (χ4n) is 1.72. The van der Waals surface area contributed by atoms with E-state index in [9.17, 15) is 4.79 Å². The molecule has 0 aliphatic rings. The summed E-state index contributed by atoms with van der Waals surface area (Å²) in [5.74, 6) is 1.39. The van der Waals surface area contributed by atoms with Gasteiger partial charge in [0.1, 0.15) is 11.6 Å². The molecule has 0 amide bonds. The molecule has 0 aliphatic heterocycles. The highest BCUT2D eigenvalue weighted by molar-refractivity contribution is 5.84. The number of carbonyl (C=O) groups is 1. The largest absolute Gasteiger partial charge is 0.497 e. The summed E-state index contributed by atoms with van der Waals surface area (Å²) in [6.07, 6.45) is 2.47. The lowest BCUT2D eigenvalue weighted by molar-refractivity contribution is 0.112. The van der Waals surface area contributed by atoms with Crippen molar-refractivity contribution >= 4 is 17.8 Å². The van der Waals surface area contributed by atoms with E-state index < -0.39 is 0 Å². The molecule has 0 saturated carbocycles. The number of aldehydes is 1. The molecule has 4 heteroatoms. The highest BCUT2D eigenvalue weighted by atomic mass is 16.5. The van der Waals surface area contributed by atoms with Crippen LogP contribution in [0.4, 0.5) is 11.5 Å². The number of carbonyl (C=O) groups excluding carboxylic acids is 1. The second kappa shape index (κ2) is 5.31. The van der Waals surface area contributed by atoms with Gasteiger partial charge in [0, 0.05) is 25.0 Å². The Bertz CT molecular complexity index is 555. The molecule has 92 valence electrons. The van der Waals surface area contributed by atoms with E-state index in [1.54, 1.807) is 25.4 Å². The van der Waals surface area contributed by atoms with E-state index in [2.05, 4.69) is 4.98 Å². The van der Waals surface area contributed by atoms with Gasteiger partial charge < -0.3 is 9.64 Å². The number of nitrogens with zero attached hydrogens (tertiary/aromatic N) is 2. The van der Waals surface area contributed by atoms with Gasteiger partial charge in [-0.05, 0) is 24.3 Å². The van der Waals surface area contributed by atoms with Crippen molar-refractivity contribution in [2.24, 2.45) is 0 Å². The molecule has 1 heterocycles. The lowest BCUT2D eigenvalue weighted by Crippen LogP contribution is -2.13. The summed E-state index contributed by atoms with van der Waals surface area (Å²) in [5.41, 5.74) is 1.47. The van der Waals surface area contributed by atoms with E-state index in [0.29, 0.717) is 11.4 Å². The summed E-state index contributed by atoms with van der Waals surface area (Å²) in [6, 6.07) is 11.1. The number of methoxy groups -OCH3 is 1. The van der Waals surface area contributed by atoms with E-state index >= 15 is 0 Å². The van der Waals surface area contributed by atoms with Gasteiger partial charge in [-0.3, -0.25) is 4.79 Å². The minimum Gasteiger partial charge on any atom is -0.497 e. The van der Waals surface area contributed by atoms with Crippen molar-refractivity contribution in [3.8, 4) is 5.75 Å². The van der Waals surface area contributed by atoms with Gasteiger partial charge in [-0.25, -0.2) is 4.98 Å². The maximum Gasteiger partial charge on any atom is 0.153 e. The van der Waals surface area contributed by atoms with Gasteiger partial charge in [-0.1, -0.05) is 6.07 Å². The molecule has 0 unspecified atom stereocenters. The maximum atomic E-state index is 11.0. The van der Waals surface area contributed by atoms with Crippen LogP contribution in [0.3, 0.4) is 0 Å². The van der Waals surface area contributed by atoms with Gasteiger partial charge in [0.05, 0.1) is 12.7 Å². The fourth-order valence-corrected chi connectivity index (χ4v) is 1.72. The number of benzene rings is 1. The van der Waals surface area contributed by atoms with Crippen LogP contribution in [0.1, 0.15) is 10.4 Å². The predicted octanol–water partition coefficient (Wildman–Crippen LogP) is 2.67. The van der Waals surface area contributed by atoms with Crippen LogP contribution >= 0.6 is 0 Å². The van der Waals surface area contributed by atoms with E-state index in [1.807, 2.05) is 36.2 Å². The fraction of sp³-hybridized carbons (Fsp3) is 0.143. The average molecular weight is 242 g/mol. The quantitative estimate of drug-likeness (QED) is 0.773. The van der Waals surface area contributed by atoms with Crippen LogP contribution in [-0.2, 0) is 0 Å². The lowest BCUT2D eigenvalue weighted by atomic mass is 10.2. The van der Waals surface area contributed by atoms with Crippen LogP contribution in [0.15, 0.2) is 42.6 Å². The topological polar surface area (TPSA) is 42.4 Å². The minimum absolute atomic E-state index is 0.558. The zero-order valence-corrected chi connectivity index (χ0v) is 10.3. The van der Waals surface area contributed by atoms with E-state index in [4.69, 9.17) is 4.74 Å². The highest BCUT2D eigenvalue weighted by Crippen LogP contribution is 2.26. The van der Waals surface area contributed by atoms with E-state index in [-0.39, 0.29) is 0 Å². The normalized spacial score (nSPS) is 9.89. The standard InChI is InChI=1S/C14H14N2O2/c1-16(12-6-3-7-13(9-12)18-2)14-11(10-17)5-4-8-15-14/h3-10H,1-2H3. The van der Waals surface area contributed by atoms with Crippen molar-refractivity contribution < 1.29 is 9.53 Å². The third kappa shape index (κ3) is 2.32. The first kappa shape index (κ1) is 12.1. The molecule has 0 spiro atoms.